The van der Waals surface area contributed by atoms with Crippen LogP contribution in [0, 0.1) is 6.92 Å². The number of likely N-dealkylation sites (N-methyl/N-ethyl adjacent to an activating group) is 1. The summed E-state index contributed by atoms with van der Waals surface area (Å²) in [7, 11) is 3.53. The van der Waals surface area contributed by atoms with Crippen molar-refractivity contribution in [3.63, 3.8) is 0 Å². The second-order valence-electron chi connectivity index (χ2n) is 4.25. The van der Waals surface area contributed by atoms with E-state index in [1.807, 2.05) is 12.1 Å². The van der Waals surface area contributed by atoms with E-state index >= 15 is 0 Å². The molecule has 0 aromatic heterocycles. The number of amides is 1. The molecule has 1 rings (SSSR count). The molecule has 0 saturated carbocycles. The van der Waals surface area contributed by atoms with Crippen LogP contribution < -0.4 is 5.32 Å². The number of carbonyl (C=O) groups is 1. The highest BCUT2D eigenvalue weighted by atomic mass is 16.2. The van der Waals surface area contributed by atoms with E-state index in [1.165, 1.54) is 11.1 Å². The van der Waals surface area contributed by atoms with E-state index in [1.54, 1.807) is 19.0 Å². The molecule has 3 heteroatoms. The van der Waals surface area contributed by atoms with Gasteiger partial charge in [-0.15, -0.1) is 0 Å². The Hall–Kier alpha value is -1.35. The number of rotatable bonds is 4. The zero-order chi connectivity index (χ0) is 12.1. The summed E-state index contributed by atoms with van der Waals surface area (Å²) in [6.45, 7) is 4.54. The van der Waals surface area contributed by atoms with Crippen molar-refractivity contribution in [2.75, 3.05) is 20.6 Å². The second-order valence-corrected chi connectivity index (χ2v) is 4.25. The van der Waals surface area contributed by atoms with E-state index < -0.39 is 0 Å². The van der Waals surface area contributed by atoms with Gasteiger partial charge in [-0.3, -0.25) is 4.79 Å². The fourth-order valence-electron chi connectivity index (χ4n) is 1.58. The molecule has 0 spiro atoms. The number of nitrogens with one attached hydrogen (secondary N) is 1. The molecular formula is C13H20N2O. The lowest BCUT2D eigenvalue weighted by Gasteiger charge is -2.17. The Morgan fingerprint density at radius 3 is 2.56 bits per heavy atom. The lowest BCUT2D eigenvalue weighted by Crippen LogP contribution is -2.34. The molecule has 1 atom stereocenters. The number of hydrogen-bond donors (Lipinski definition) is 1. The molecule has 0 radical (unpaired) electrons. The van der Waals surface area contributed by atoms with Crippen molar-refractivity contribution < 1.29 is 4.79 Å². The Labute approximate surface area is 97.5 Å². The predicted octanol–water partition coefficient (Wildman–Crippen LogP) is 1.73. The minimum absolute atomic E-state index is 0.0976. The highest BCUT2D eigenvalue weighted by Gasteiger charge is 2.10. The van der Waals surface area contributed by atoms with Gasteiger partial charge in [0, 0.05) is 20.1 Å². The summed E-state index contributed by atoms with van der Waals surface area (Å²) in [6, 6.07) is 8.42. The zero-order valence-electron chi connectivity index (χ0n) is 10.4. The lowest BCUT2D eigenvalue weighted by molar-refractivity contribution is -0.127. The Balaban J connectivity index is 2.56. The highest BCUT2D eigenvalue weighted by molar-refractivity contribution is 5.77. The smallest absolute Gasteiger partial charge is 0.236 e. The van der Waals surface area contributed by atoms with E-state index in [0.717, 1.165) is 0 Å². The number of nitrogens with zero attached hydrogens (tertiary/aromatic N) is 1. The molecule has 1 aromatic carbocycles. The van der Waals surface area contributed by atoms with Gasteiger partial charge in [-0.2, -0.15) is 0 Å². The van der Waals surface area contributed by atoms with Crippen molar-refractivity contribution in [1.29, 1.82) is 0 Å². The molecule has 1 amide bonds. The van der Waals surface area contributed by atoms with E-state index in [0.29, 0.717) is 6.54 Å². The maximum Gasteiger partial charge on any atom is 0.236 e. The molecule has 3 nitrogen and oxygen atoms in total. The van der Waals surface area contributed by atoms with Gasteiger partial charge in [0.25, 0.3) is 0 Å². The third kappa shape index (κ3) is 3.35. The summed E-state index contributed by atoms with van der Waals surface area (Å²) < 4.78 is 0. The largest absolute Gasteiger partial charge is 0.348 e. The minimum Gasteiger partial charge on any atom is -0.348 e. The lowest BCUT2D eigenvalue weighted by atomic mass is 10.0. The van der Waals surface area contributed by atoms with Crippen molar-refractivity contribution in [3.05, 3.63) is 35.4 Å². The molecule has 0 aliphatic carbocycles. The first-order valence-corrected chi connectivity index (χ1v) is 5.51. The fourth-order valence-corrected chi connectivity index (χ4v) is 1.58. The molecule has 16 heavy (non-hydrogen) atoms. The van der Waals surface area contributed by atoms with Gasteiger partial charge in [-0.05, 0) is 25.0 Å². The van der Waals surface area contributed by atoms with Gasteiger partial charge < -0.3 is 10.2 Å². The van der Waals surface area contributed by atoms with Crippen LogP contribution in [0.2, 0.25) is 0 Å². The average molecular weight is 220 g/mol. The van der Waals surface area contributed by atoms with Crippen molar-refractivity contribution in [3.8, 4) is 0 Å². The van der Waals surface area contributed by atoms with Crippen LogP contribution in [0.3, 0.4) is 0 Å². The van der Waals surface area contributed by atoms with Crippen LogP contribution in [0.4, 0.5) is 0 Å². The van der Waals surface area contributed by atoms with Crippen LogP contribution in [0.5, 0.6) is 0 Å². The van der Waals surface area contributed by atoms with Crippen LogP contribution in [-0.2, 0) is 4.79 Å². The number of aryl methyl sites for hydroxylation is 1. The molecule has 1 N–H and O–H groups in total. The maximum atomic E-state index is 11.4. The molecular weight excluding hydrogens is 200 g/mol. The molecule has 0 fully saturated rings. The fraction of sp³-hybridized carbons (Fsp3) is 0.462. The van der Waals surface area contributed by atoms with Gasteiger partial charge in [0.1, 0.15) is 0 Å². The van der Waals surface area contributed by atoms with E-state index in [-0.39, 0.29) is 11.9 Å². The standard InChI is InChI=1S/C13H20N2O/c1-10-7-5-6-8-12(10)11(2)14-9-13(16)15(3)4/h5-8,11,14H,9H2,1-4H3/t11-/m1/s1. The maximum absolute atomic E-state index is 11.4. The van der Waals surface area contributed by atoms with Crippen LogP contribution >= 0.6 is 0 Å². The predicted molar refractivity (Wildman–Crippen MR) is 66.3 cm³/mol. The topological polar surface area (TPSA) is 32.3 Å². The Morgan fingerprint density at radius 2 is 2.00 bits per heavy atom. The summed E-state index contributed by atoms with van der Waals surface area (Å²) in [5, 5.41) is 3.23. The molecule has 0 aliphatic heterocycles. The van der Waals surface area contributed by atoms with Crippen molar-refractivity contribution >= 4 is 5.91 Å². The van der Waals surface area contributed by atoms with Crippen molar-refractivity contribution in [1.82, 2.24) is 10.2 Å². The molecule has 0 unspecified atom stereocenters. The summed E-state index contributed by atoms with van der Waals surface area (Å²) in [6.07, 6.45) is 0. The first kappa shape index (κ1) is 12.7. The third-order valence-electron chi connectivity index (χ3n) is 2.71. The molecule has 0 bridgehead atoms. The van der Waals surface area contributed by atoms with Crippen LogP contribution in [0.1, 0.15) is 24.1 Å². The second kappa shape index (κ2) is 5.66. The molecule has 1 aromatic rings. The number of hydrogen-bond acceptors (Lipinski definition) is 2. The van der Waals surface area contributed by atoms with E-state index in [9.17, 15) is 4.79 Å². The zero-order valence-corrected chi connectivity index (χ0v) is 10.4. The quantitative estimate of drug-likeness (QED) is 0.838. The Bertz CT molecular complexity index is 361. The van der Waals surface area contributed by atoms with E-state index in [4.69, 9.17) is 0 Å². The molecule has 0 aliphatic rings. The molecule has 0 saturated heterocycles. The van der Waals surface area contributed by atoms with Crippen LogP contribution in [-0.4, -0.2) is 31.4 Å². The summed E-state index contributed by atoms with van der Waals surface area (Å²) in [4.78, 5) is 13.0. The Kier molecular flexibility index (Phi) is 4.50. The van der Waals surface area contributed by atoms with E-state index in [2.05, 4.69) is 31.3 Å². The van der Waals surface area contributed by atoms with Gasteiger partial charge >= 0.3 is 0 Å². The van der Waals surface area contributed by atoms with Gasteiger partial charge in [0.15, 0.2) is 0 Å². The first-order chi connectivity index (χ1) is 7.52. The molecule has 88 valence electrons. The number of benzene rings is 1. The average Bonchev–Trinajstić information content (AvgIpc) is 2.25. The summed E-state index contributed by atoms with van der Waals surface area (Å²) in [5.74, 6) is 0.0976. The highest BCUT2D eigenvalue weighted by Crippen LogP contribution is 2.16. The number of carbonyl (C=O) groups excluding carboxylic acids is 1. The molecule has 0 heterocycles. The minimum atomic E-state index is 0.0976. The summed E-state index contributed by atoms with van der Waals surface area (Å²) >= 11 is 0. The van der Waals surface area contributed by atoms with Gasteiger partial charge in [0.2, 0.25) is 5.91 Å². The SMILES string of the molecule is Cc1ccccc1[C@@H](C)NCC(=O)N(C)C. The summed E-state index contributed by atoms with van der Waals surface area (Å²) in [5.41, 5.74) is 2.49. The van der Waals surface area contributed by atoms with Gasteiger partial charge in [-0.1, -0.05) is 24.3 Å². The van der Waals surface area contributed by atoms with Gasteiger partial charge in [0.05, 0.1) is 6.54 Å². The monoisotopic (exact) mass is 220 g/mol. The normalized spacial score (nSPS) is 12.2. The third-order valence-corrected chi connectivity index (χ3v) is 2.71. The van der Waals surface area contributed by atoms with Gasteiger partial charge in [-0.25, -0.2) is 0 Å². The van der Waals surface area contributed by atoms with Crippen molar-refractivity contribution in [2.45, 2.75) is 19.9 Å². The Morgan fingerprint density at radius 1 is 1.38 bits per heavy atom. The van der Waals surface area contributed by atoms with Crippen LogP contribution in [0.15, 0.2) is 24.3 Å². The van der Waals surface area contributed by atoms with Crippen molar-refractivity contribution in [2.24, 2.45) is 0 Å². The first-order valence-electron chi connectivity index (χ1n) is 5.51. The van der Waals surface area contributed by atoms with Crippen LogP contribution in [0.25, 0.3) is 0 Å².